The Morgan fingerprint density at radius 3 is 2.87 bits per heavy atom. The van der Waals surface area contributed by atoms with Gasteiger partial charge in [0.25, 0.3) is 0 Å². The molecular formula is C11H10N4. The average molecular weight is 198 g/mol. The topological polar surface area (TPSA) is 41.0 Å². The quantitative estimate of drug-likeness (QED) is 0.705. The molecule has 74 valence electrons. The van der Waals surface area contributed by atoms with Gasteiger partial charge in [0.05, 0.1) is 11.4 Å². The minimum atomic E-state index is 0.804. The Labute approximate surface area is 87.6 Å². The second-order valence-corrected chi connectivity index (χ2v) is 3.43. The van der Waals surface area contributed by atoms with Crippen LogP contribution in [0.15, 0.2) is 36.7 Å². The lowest BCUT2D eigenvalue weighted by atomic mass is 10.2. The molecule has 0 saturated carbocycles. The molecule has 0 unspecified atom stereocenters. The van der Waals surface area contributed by atoms with E-state index in [1.54, 1.807) is 12.4 Å². The van der Waals surface area contributed by atoms with E-state index in [0.29, 0.717) is 0 Å². The lowest BCUT2D eigenvalue weighted by Crippen LogP contribution is -2.19. The van der Waals surface area contributed by atoms with E-state index in [4.69, 9.17) is 0 Å². The Bertz CT molecular complexity index is 464. The van der Waals surface area contributed by atoms with Crippen LogP contribution in [0.1, 0.15) is 0 Å². The van der Waals surface area contributed by atoms with Crippen molar-refractivity contribution in [3.05, 3.63) is 36.7 Å². The Hall–Kier alpha value is -2.10. The van der Waals surface area contributed by atoms with Crippen LogP contribution >= 0.6 is 0 Å². The second-order valence-electron chi connectivity index (χ2n) is 3.43. The molecule has 2 aromatic rings. The summed E-state index contributed by atoms with van der Waals surface area (Å²) >= 11 is 0. The zero-order valence-corrected chi connectivity index (χ0v) is 8.31. The monoisotopic (exact) mass is 198 g/mol. The predicted octanol–water partition coefficient (Wildman–Crippen LogP) is 2.30. The summed E-state index contributed by atoms with van der Waals surface area (Å²) in [6.45, 7) is 0. The van der Waals surface area contributed by atoms with Gasteiger partial charge in [-0.1, -0.05) is 12.1 Å². The van der Waals surface area contributed by atoms with Gasteiger partial charge in [0.2, 0.25) is 0 Å². The van der Waals surface area contributed by atoms with Crippen molar-refractivity contribution in [2.75, 3.05) is 17.3 Å². The number of benzene rings is 1. The molecule has 4 nitrogen and oxygen atoms in total. The van der Waals surface area contributed by atoms with Crippen molar-refractivity contribution in [3.63, 3.8) is 0 Å². The molecule has 0 radical (unpaired) electrons. The molecule has 1 N–H and O–H groups in total. The van der Waals surface area contributed by atoms with E-state index in [2.05, 4.69) is 21.4 Å². The maximum Gasteiger partial charge on any atom is 0.176 e. The van der Waals surface area contributed by atoms with Crippen LogP contribution < -0.4 is 10.2 Å². The third kappa shape index (κ3) is 1.15. The van der Waals surface area contributed by atoms with E-state index in [-0.39, 0.29) is 0 Å². The Morgan fingerprint density at radius 1 is 1.13 bits per heavy atom. The average Bonchev–Trinajstić information content (AvgIpc) is 2.30. The first-order valence-electron chi connectivity index (χ1n) is 4.77. The van der Waals surface area contributed by atoms with Crippen LogP contribution in [-0.4, -0.2) is 17.0 Å². The lowest BCUT2D eigenvalue weighted by molar-refractivity contribution is 1.07. The molecule has 0 atom stereocenters. The molecule has 1 aliphatic rings. The highest BCUT2D eigenvalue weighted by Gasteiger charge is 2.20. The number of anilines is 4. The molecule has 0 amide bonds. The van der Waals surface area contributed by atoms with Crippen LogP contribution in [0.25, 0.3) is 0 Å². The molecule has 4 heteroatoms. The number of rotatable bonds is 0. The summed E-state index contributed by atoms with van der Waals surface area (Å²) in [5.74, 6) is 1.66. The van der Waals surface area contributed by atoms with Gasteiger partial charge in [-0.3, -0.25) is 0 Å². The fourth-order valence-electron chi connectivity index (χ4n) is 1.78. The number of para-hydroxylation sites is 2. The van der Waals surface area contributed by atoms with Gasteiger partial charge in [-0.05, 0) is 12.1 Å². The maximum atomic E-state index is 4.30. The highest BCUT2D eigenvalue weighted by atomic mass is 15.3. The minimum Gasteiger partial charge on any atom is -0.335 e. The highest BCUT2D eigenvalue weighted by Crippen LogP contribution is 2.39. The van der Waals surface area contributed by atoms with E-state index < -0.39 is 0 Å². The lowest BCUT2D eigenvalue weighted by Gasteiger charge is -2.28. The van der Waals surface area contributed by atoms with Gasteiger partial charge >= 0.3 is 0 Å². The van der Waals surface area contributed by atoms with Crippen molar-refractivity contribution >= 4 is 23.0 Å². The first-order chi connectivity index (χ1) is 7.36. The largest absolute Gasteiger partial charge is 0.335 e. The maximum absolute atomic E-state index is 4.30. The Kier molecular flexibility index (Phi) is 1.62. The SMILES string of the molecule is CN1c2ccccc2Nc2nccnc21. The van der Waals surface area contributed by atoms with Gasteiger partial charge in [-0.15, -0.1) is 0 Å². The third-order valence-corrected chi connectivity index (χ3v) is 2.52. The molecular weight excluding hydrogens is 188 g/mol. The van der Waals surface area contributed by atoms with Crippen LogP contribution in [0.4, 0.5) is 23.0 Å². The van der Waals surface area contributed by atoms with Crippen molar-refractivity contribution < 1.29 is 0 Å². The summed E-state index contributed by atoms with van der Waals surface area (Å²) in [7, 11) is 1.99. The smallest absolute Gasteiger partial charge is 0.176 e. The normalized spacial score (nSPS) is 12.7. The number of nitrogens with one attached hydrogen (secondary N) is 1. The molecule has 15 heavy (non-hydrogen) atoms. The van der Waals surface area contributed by atoms with Crippen LogP contribution in [0.3, 0.4) is 0 Å². The van der Waals surface area contributed by atoms with Gasteiger partial charge in [-0.25, -0.2) is 9.97 Å². The van der Waals surface area contributed by atoms with Gasteiger partial charge in [0.15, 0.2) is 11.6 Å². The first-order valence-corrected chi connectivity index (χ1v) is 4.77. The zero-order chi connectivity index (χ0) is 10.3. The summed E-state index contributed by atoms with van der Waals surface area (Å²) in [5.41, 5.74) is 2.18. The van der Waals surface area contributed by atoms with Gasteiger partial charge in [0.1, 0.15) is 0 Å². The fraction of sp³-hybridized carbons (Fsp3) is 0.0909. The summed E-state index contributed by atoms with van der Waals surface area (Å²) in [6, 6.07) is 8.10. The highest BCUT2D eigenvalue weighted by molar-refractivity contribution is 5.87. The second kappa shape index (κ2) is 2.95. The van der Waals surface area contributed by atoms with Crippen molar-refractivity contribution in [1.29, 1.82) is 0 Å². The Morgan fingerprint density at radius 2 is 1.93 bits per heavy atom. The molecule has 3 rings (SSSR count). The number of hydrogen-bond acceptors (Lipinski definition) is 4. The molecule has 2 heterocycles. The van der Waals surface area contributed by atoms with Crippen molar-refractivity contribution in [2.24, 2.45) is 0 Å². The fourth-order valence-corrected chi connectivity index (χ4v) is 1.78. The molecule has 0 bridgehead atoms. The van der Waals surface area contributed by atoms with Crippen molar-refractivity contribution in [2.45, 2.75) is 0 Å². The third-order valence-electron chi connectivity index (χ3n) is 2.52. The first kappa shape index (κ1) is 8.23. The molecule has 0 spiro atoms. The number of fused-ring (bicyclic) bond motifs is 2. The molecule has 1 aromatic heterocycles. The van der Waals surface area contributed by atoms with Gasteiger partial charge in [-0.2, -0.15) is 0 Å². The summed E-state index contributed by atoms with van der Waals surface area (Å²) < 4.78 is 0. The number of hydrogen-bond donors (Lipinski definition) is 1. The predicted molar refractivity (Wildman–Crippen MR) is 59.8 cm³/mol. The molecule has 0 fully saturated rings. The van der Waals surface area contributed by atoms with Gasteiger partial charge < -0.3 is 10.2 Å². The Balaban J connectivity index is 2.20. The molecule has 0 aliphatic carbocycles. The molecule has 0 saturated heterocycles. The zero-order valence-electron chi connectivity index (χ0n) is 8.31. The van der Waals surface area contributed by atoms with Crippen molar-refractivity contribution in [3.8, 4) is 0 Å². The molecule has 1 aliphatic heterocycles. The van der Waals surface area contributed by atoms with Crippen LogP contribution in [0.2, 0.25) is 0 Å². The van der Waals surface area contributed by atoms with Gasteiger partial charge in [0, 0.05) is 19.4 Å². The minimum absolute atomic E-state index is 0.804. The van der Waals surface area contributed by atoms with Crippen LogP contribution in [0, 0.1) is 0 Å². The van der Waals surface area contributed by atoms with E-state index in [0.717, 1.165) is 23.0 Å². The summed E-state index contributed by atoms with van der Waals surface area (Å²) in [6.07, 6.45) is 3.39. The van der Waals surface area contributed by atoms with E-state index in [1.165, 1.54) is 0 Å². The van der Waals surface area contributed by atoms with Crippen LogP contribution in [0.5, 0.6) is 0 Å². The number of aromatic nitrogens is 2. The van der Waals surface area contributed by atoms with E-state index in [1.807, 2.05) is 30.1 Å². The van der Waals surface area contributed by atoms with Crippen LogP contribution in [-0.2, 0) is 0 Å². The van der Waals surface area contributed by atoms with Crippen molar-refractivity contribution in [1.82, 2.24) is 9.97 Å². The molecule has 1 aromatic carbocycles. The van der Waals surface area contributed by atoms with E-state index in [9.17, 15) is 0 Å². The van der Waals surface area contributed by atoms with E-state index >= 15 is 0 Å². The summed E-state index contributed by atoms with van der Waals surface area (Å²) in [4.78, 5) is 10.6. The summed E-state index contributed by atoms with van der Waals surface area (Å²) in [5, 5.41) is 3.26. The standard InChI is InChI=1S/C11H10N4/c1-15-9-5-3-2-4-8(9)14-10-11(15)13-7-6-12-10/h2-7H,1H3,(H,12,14). The number of nitrogens with zero attached hydrogens (tertiary/aromatic N) is 3.